The minimum atomic E-state index is -0.958. The van der Waals surface area contributed by atoms with Crippen molar-refractivity contribution >= 4 is 28.6 Å². The Labute approximate surface area is 164 Å². The molecular formula is C21H17N3O5. The lowest BCUT2D eigenvalue weighted by Crippen LogP contribution is -2.45. The predicted molar refractivity (Wildman–Crippen MR) is 101 cm³/mol. The van der Waals surface area contributed by atoms with Crippen LogP contribution in [-0.4, -0.2) is 38.8 Å². The van der Waals surface area contributed by atoms with E-state index in [1.54, 1.807) is 6.33 Å². The zero-order valence-corrected chi connectivity index (χ0v) is 15.5. The van der Waals surface area contributed by atoms with E-state index in [1.165, 1.54) is 0 Å². The summed E-state index contributed by atoms with van der Waals surface area (Å²) in [5.41, 5.74) is 3.20. The summed E-state index contributed by atoms with van der Waals surface area (Å²) in [6.45, 7) is 1.86. The van der Waals surface area contributed by atoms with Crippen LogP contribution in [0.2, 0.25) is 0 Å². The normalized spacial score (nSPS) is 24.9. The Morgan fingerprint density at radius 3 is 2.59 bits per heavy atom. The van der Waals surface area contributed by atoms with Gasteiger partial charge < -0.3 is 19.4 Å². The standard InChI is InChI=1S/C21H17N3O5/c1-10-14(23-9-22-10)8-12-19(27)17-11-4-2-3-5-13(11)24-18(17)21-20(12)28-15(25)6-7-16(26)29-21/h2-7,9,12,20-21,24H,8H2,1H3,(H,22,23)/b7-6-. The van der Waals surface area contributed by atoms with Crippen LogP contribution in [0.4, 0.5) is 0 Å². The molecule has 3 heterocycles. The van der Waals surface area contributed by atoms with Gasteiger partial charge >= 0.3 is 11.9 Å². The second-order valence-corrected chi connectivity index (χ2v) is 7.20. The second-order valence-electron chi connectivity index (χ2n) is 7.20. The van der Waals surface area contributed by atoms with Crippen molar-refractivity contribution in [2.75, 3.05) is 0 Å². The van der Waals surface area contributed by atoms with Gasteiger partial charge in [0.2, 0.25) is 0 Å². The second kappa shape index (κ2) is 6.44. The minimum Gasteiger partial charge on any atom is -0.454 e. The van der Waals surface area contributed by atoms with E-state index in [-0.39, 0.29) is 12.2 Å². The molecule has 0 spiro atoms. The number of ketones is 1. The summed E-state index contributed by atoms with van der Waals surface area (Å²) in [4.78, 5) is 48.4. The number of aryl methyl sites for hydroxylation is 1. The van der Waals surface area contributed by atoms with Crippen LogP contribution in [0.25, 0.3) is 10.9 Å². The third-order valence-electron chi connectivity index (χ3n) is 5.50. The number of hydrogen-bond donors (Lipinski definition) is 2. The lowest BCUT2D eigenvalue weighted by molar-refractivity contribution is -0.168. The molecule has 8 nitrogen and oxygen atoms in total. The Morgan fingerprint density at radius 1 is 1.07 bits per heavy atom. The van der Waals surface area contributed by atoms with Crippen LogP contribution in [0, 0.1) is 12.8 Å². The molecule has 0 amide bonds. The number of imidazole rings is 1. The summed E-state index contributed by atoms with van der Waals surface area (Å²) in [5, 5.41) is 0.745. The van der Waals surface area contributed by atoms with Crippen LogP contribution >= 0.6 is 0 Å². The predicted octanol–water partition coefficient (Wildman–Crippen LogP) is 2.32. The Balaban J connectivity index is 1.69. The Bertz CT molecular complexity index is 1190. The number of para-hydroxylation sites is 1. The molecule has 29 heavy (non-hydrogen) atoms. The average molecular weight is 391 g/mol. The van der Waals surface area contributed by atoms with Crippen molar-refractivity contribution in [3.05, 3.63) is 65.4 Å². The molecule has 2 aromatic heterocycles. The fourth-order valence-corrected chi connectivity index (χ4v) is 4.11. The number of hydrogen-bond acceptors (Lipinski definition) is 6. The molecule has 1 aromatic carbocycles. The minimum absolute atomic E-state index is 0.172. The Morgan fingerprint density at radius 2 is 1.83 bits per heavy atom. The lowest BCUT2D eigenvalue weighted by atomic mass is 9.78. The molecule has 2 aliphatic rings. The number of Topliss-reactive ketones (excluding diaryl/α,β-unsaturated/α-hetero) is 1. The highest BCUT2D eigenvalue weighted by atomic mass is 16.6. The van der Waals surface area contributed by atoms with Gasteiger partial charge in [0.25, 0.3) is 0 Å². The number of ether oxygens (including phenoxy) is 2. The SMILES string of the molecule is Cc1[nH]cnc1CC1C(=O)c2c([nH]c3ccccc23)C2OC(=O)/C=C\C(=O)OC12. The highest BCUT2D eigenvalue weighted by molar-refractivity contribution is 6.12. The molecule has 3 unspecified atom stereocenters. The summed E-state index contributed by atoms with van der Waals surface area (Å²) in [7, 11) is 0. The monoisotopic (exact) mass is 391 g/mol. The van der Waals surface area contributed by atoms with Crippen molar-refractivity contribution in [1.82, 2.24) is 15.0 Å². The first-order valence-corrected chi connectivity index (χ1v) is 9.26. The third kappa shape index (κ3) is 2.75. The van der Waals surface area contributed by atoms with Crippen LogP contribution in [0.3, 0.4) is 0 Å². The van der Waals surface area contributed by atoms with Gasteiger partial charge in [0.05, 0.1) is 29.2 Å². The number of nitrogens with one attached hydrogen (secondary N) is 2. The van der Waals surface area contributed by atoms with E-state index in [1.807, 2.05) is 31.2 Å². The fraction of sp³-hybridized carbons (Fsp3) is 0.238. The molecule has 1 aliphatic heterocycles. The number of rotatable bonds is 2. The molecule has 146 valence electrons. The van der Waals surface area contributed by atoms with Crippen LogP contribution < -0.4 is 0 Å². The zero-order chi connectivity index (χ0) is 20.1. The number of nitrogens with zero attached hydrogens (tertiary/aromatic N) is 1. The van der Waals surface area contributed by atoms with Gasteiger partial charge in [0, 0.05) is 35.2 Å². The van der Waals surface area contributed by atoms with Gasteiger partial charge in [-0.25, -0.2) is 14.6 Å². The first-order valence-electron chi connectivity index (χ1n) is 9.26. The van der Waals surface area contributed by atoms with Crippen molar-refractivity contribution in [2.24, 2.45) is 5.92 Å². The number of carbonyl (C=O) groups is 3. The summed E-state index contributed by atoms with van der Waals surface area (Å²) in [6, 6.07) is 7.38. The van der Waals surface area contributed by atoms with E-state index in [4.69, 9.17) is 9.47 Å². The van der Waals surface area contributed by atoms with Crippen molar-refractivity contribution in [2.45, 2.75) is 25.6 Å². The van der Waals surface area contributed by atoms with Gasteiger partial charge in [-0.1, -0.05) is 18.2 Å². The Hall–Kier alpha value is -3.68. The maximum atomic E-state index is 13.6. The van der Waals surface area contributed by atoms with Gasteiger partial charge in [0.15, 0.2) is 18.0 Å². The van der Waals surface area contributed by atoms with Gasteiger partial charge in [0.1, 0.15) is 0 Å². The molecule has 0 bridgehead atoms. The van der Waals surface area contributed by atoms with Crippen LogP contribution in [0.15, 0.2) is 42.7 Å². The van der Waals surface area contributed by atoms with Crippen molar-refractivity contribution in [3.8, 4) is 0 Å². The first kappa shape index (κ1) is 17.4. The number of benzene rings is 1. The highest BCUT2D eigenvalue weighted by Gasteiger charge is 2.49. The summed E-state index contributed by atoms with van der Waals surface area (Å²) < 4.78 is 11.2. The zero-order valence-electron chi connectivity index (χ0n) is 15.5. The number of H-pyrrole nitrogens is 2. The highest BCUT2D eigenvalue weighted by Crippen LogP contribution is 2.42. The van der Waals surface area contributed by atoms with E-state index in [9.17, 15) is 14.4 Å². The molecule has 0 saturated carbocycles. The number of aromatic nitrogens is 3. The maximum Gasteiger partial charge on any atom is 0.331 e. The van der Waals surface area contributed by atoms with Crippen molar-refractivity contribution in [3.63, 3.8) is 0 Å². The van der Waals surface area contributed by atoms with E-state index in [0.29, 0.717) is 17.0 Å². The number of esters is 2. The topological polar surface area (TPSA) is 114 Å². The van der Waals surface area contributed by atoms with Gasteiger partial charge in [-0.3, -0.25) is 4.79 Å². The molecule has 3 atom stereocenters. The van der Waals surface area contributed by atoms with Crippen molar-refractivity contribution < 1.29 is 23.9 Å². The van der Waals surface area contributed by atoms with Gasteiger partial charge in [-0.15, -0.1) is 0 Å². The Kier molecular flexibility index (Phi) is 3.87. The largest absolute Gasteiger partial charge is 0.454 e. The molecule has 5 rings (SSSR count). The van der Waals surface area contributed by atoms with E-state index >= 15 is 0 Å². The molecule has 2 N–H and O–H groups in total. The molecule has 0 saturated heterocycles. The fourth-order valence-electron chi connectivity index (χ4n) is 4.11. The lowest BCUT2D eigenvalue weighted by Gasteiger charge is -2.36. The molecule has 8 heteroatoms. The van der Waals surface area contributed by atoms with E-state index in [2.05, 4.69) is 15.0 Å². The maximum absolute atomic E-state index is 13.6. The van der Waals surface area contributed by atoms with E-state index < -0.39 is 30.1 Å². The van der Waals surface area contributed by atoms with Gasteiger partial charge in [-0.2, -0.15) is 0 Å². The summed E-state index contributed by atoms with van der Waals surface area (Å²) in [5.74, 6) is -2.26. The average Bonchev–Trinajstić information content (AvgIpc) is 3.28. The van der Waals surface area contributed by atoms with Crippen LogP contribution in [-0.2, 0) is 25.5 Å². The van der Waals surface area contributed by atoms with Gasteiger partial charge in [-0.05, 0) is 13.0 Å². The van der Waals surface area contributed by atoms with E-state index in [0.717, 1.165) is 28.7 Å². The molecule has 1 aliphatic carbocycles. The van der Waals surface area contributed by atoms with Crippen LogP contribution in [0.5, 0.6) is 0 Å². The molecule has 0 radical (unpaired) electrons. The molecule has 0 fully saturated rings. The smallest absolute Gasteiger partial charge is 0.331 e. The summed E-state index contributed by atoms with van der Waals surface area (Å²) >= 11 is 0. The quantitative estimate of drug-likeness (QED) is 0.648. The van der Waals surface area contributed by atoms with Crippen LogP contribution in [0.1, 0.15) is 33.5 Å². The van der Waals surface area contributed by atoms with Crippen molar-refractivity contribution in [1.29, 1.82) is 0 Å². The number of carbonyl (C=O) groups excluding carboxylic acids is 3. The molecule has 3 aromatic rings. The summed E-state index contributed by atoms with van der Waals surface area (Å²) in [6.07, 6.45) is 1.98. The number of fused-ring (bicyclic) bond motifs is 5. The number of aromatic amines is 2. The molecular weight excluding hydrogens is 374 g/mol. The first-order chi connectivity index (χ1) is 14.0. The third-order valence-corrected chi connectivity index (χ3v) is 5.50.